The van der Waals surface area contributed by atoms with Gasteiger partial charge in [-0.2, -0.15) is 0 Å². The molecular formula is C20H33N5O9. The lowest BCUT2D eigenvalue weighted by atomic mass is 10.1. The highest BCUT2D eigenvalue weighted by atomic mass is 16.4. The summed E-state index contributed by atoms with van der Waals surface area (Å²) in [6, 6.07) is -3.06. The molecule has 34 heavy (non-hydrogen) atoms. The minimum Gasteiger partial charge on any atom is -0.481 e. The zero-order valence-corrected chi connectivity index (χ0v) is 19.6. The molecule has 0 aromatic rings. The van der Waals surface area contributed by atoms with Crippen LogP contribution in [0.3, 0.4) is 0 Å². The summed E-state index contributed by atoms with van der Waals surface area (Å²) in [4.78, 5) is 81.9. The van der Waals surface area contributed by atoms with E-state index in [9.17, 15) is 33.6 Å². The van der Waals surface area contributed by atoms with E-state index in [0.717, 1.165) is 0 Å². The first-order chi connectivity index (χ1) is 15.7. The lowest BCUT2D eigenvalue weighted by molar-refractivity contribution is -0.142. The van der Waals surface area contributed by atoms with Gasteiger partial charge in [0.15, 0.2) is 5.78 Å². The Bertz CT molecular complexity index is 782. The first kappa shape index (κ1) is 30.4. The zero-order chi connectivity index (χ0) is 26.4. The predicted octanol–water partition coefficient (Wildman–Crippen LogP) is -2.64. The Kier molecular flexibility index (Phi) is 13.7. The number of carbonyl (C=O) groups is 7. The fourth-order valence-electron chi connectivity index (χ4n) is 2.44. The van der Waals surface area contributed by atoms with Crippen molar-refractivity contribution in [2.45, 2.75) is 58.7 Å². The van der Waals surface area contributed by atoms with Crippen molar-refractivity contribution in [3.63, 3.8) is 0 Å². The summed E-state index contributed by atoms with van der Waals surface area (Å²) in [7, 11) is 0. The van der Waals surface area contributed by atoms with E-state index in [0.29, 0.717) is 0 Å². The molecule has 0 fully saturated rings. The summed E-state index contributed by atoms with van der Waals surface area (Å²) in [5.74, 6) is -6.41. The highest BCUT2D eigenvalue weighted by Crippen LogP contribution is 2.00. The fourth-order valence-corrected chi connectivity index (χ4v) is 2.44. The van der Waals surface area contributed by atoms with Gasteiger partial charge >= 0.3 is 11.9 Å². The summed E-state index contributed by atoms with van der Waals surface area (Å²) in [6.45, 7) is 5.43. The predicted molar refractivity (Wildman–Crippen MR) is 117 cm³/mol. The van der Waals surface area contributed by atoms with Crippen LogP contribution in [0.25, 0.3) is 0 Å². The molecule has 14 heteroatoms. The van der Waals surface area contributed by atoms with Gasteiger partial charge in [0, 0.05) is 12.0 Å². The number of hydrogen-bond donors (Lipinski definition) is 7. The van der Waals surface area contributed by atoms with Crippen LogP contribution in [0.4, 0.5) is 0 Å². The fraction of sp³-hybridized carbons (Fsp3) is 0.650. The van der Waals surface area contributed by atoms with Crippen molar-refractivity contribution in [3.8, 4) is 0 Å². The molecule has 2 unspecified atom stereocenters. The van der Waals surface area contributed by atoms with Crippen LogP contribution in [0, 0.1) is 5.92 Å². The van der Waals surface area contributed by atoms with Gasteiger partial charge in [-0.1, -0.05) is 27.7 Å². The van der Waals surface area contributed by atoms with Gasteiger partial charge in [0.1, 0.15) is 6.04 Å². The Balaban J connectivity index is 4.82. The molecule has 7 N–H and O–H groups in total. The summed E-state index contributed by atoms with van der Waals surface area (Å²) in [6.07, 6.45) is -1.41. The van der Waals surface area contributed by atoms with Crippen LogP contribution in [-0.2, 0) is 33.6 Å². The summed E-state index contributed by atoms with van der Waals surface area (Å²) >= 11 is 0. The second-order valence-corrected chi connectivity index (χ2v) is 8.02. The molecule has 0 saturated carbocycles. The van der Waals surface area contributed by atoms with E-state index in [4.69, 9.17) is 10.2 Å². The molecule has 0 aliphatic carbocycles. The molecule has 0 spiro atoms. The number of nitrogens with one attached hydrogen (secondary N) is 5. The highest BCUT2D eigenvalue weighted by molar-refractivity contribution is 5.95. The lowest BCUT2D eigenvalue weighted by Crippen LogP contribution is -2.55. The number of amides is 4. The number of ketones is 1. The first-order valence-electron chi connectivity index (χ1n) is 10.6. The van der Waals surface area contributed by atoms with Crippen molar-refractivity contribution in [1.82, 2.24) is 26.6 Å². The van der Waals surface area contributed by atoms with Crippen LogP contribution < -0.4 is 26.6 Å². The van der Waals surface area contributed by atoms with Crippen molar-refractivity contribution >= 4 is 41.4 Å². The Morgan fingerprint density at radius 3 is 1.59 bits per heavy atom. The minimum absolute atomic E-state index is 0.186. The van der Waals surface area contributed by atoms with Crippen LogP contribution in [0.2, 0.25) is 0 Å². The van der Waals surface area contributed by atoms with E-state index in [1.54, 1.807) is 27.7 Å². The Morgan fingerprint density at radius 1 is 0.647 bits per heavy atom. The van der Waals surface area contributed by atoms with Gasteiger partial charge in [0.2, 0.25) is 23.6 Å². The number of carbonyl (C=O) groups excluding carboxylic acids is 5. The number of aliphatic carboxylic acids is 2. The molecule has 0 radical (unpaired) electrons. The third-order valence-corrected chi connectivity index (χ3v) is 4.21. The van der Waals surface area contributed by atoms with Gasteiger partial charge < -0.3 is 36.8 Å². The Labute approximate surface area is 196 Å². The van der Waals surface area contributed by atoms with Crippen molar-refractivity contribution in [2.24, 2.45) is 5.92 Å². The molecule has 0 aromatic carbocycles. The summed E-state index contributed by atoms with van der Waals surface area (Å²) < 4.78 is 0. The number of Topliss-reactive ketones (excluding diaryl/α,β-unsaturated/α-hetero) is 1. The highest BCUT2D eigenvalue weighted by Gasteiger charge is 2.29. The number of rotatable bonds is 16. The van der Waals surface area contributed by atoms with E-state index in [1.165, 1.54) is 0 Å². The van der Waals surface area contributed by atoms with Gasteiger partial charge in [0.05, 0.1) is 38.5 Å². The molecule has 192 valence electrons. The van der Waals surface area contributed by atoms with Crippen LogP contribution in [0.1, 0.15) is 40.5 Å². The molecule has 0 heterocycles. The van der Waals surface area contributed by atoms with Gasteiger partial charge in [0.25, 0.3) is 0 Å². The molecule has 0 rings (SSSR count). The lowest BCUT2D eigenvalue weighted by Gasteiger charge is -2.22. The SMILES string of the molecule is CC(C)NC(CC(=O)O)C(=O)NC(CC(=O)O)C(=O)NCC(=O)NCC(=O)NCC(=O)C(C)C. The molecule has 14 nitrogen and oxygen atoms in total. The molecule has 0 aliphatic heterocycles. The van der Waals surface area contributed by atoms with E-state index in [1.807, 2.05) is 0 Å². The first-order valence-corrected chi connectivity index (χ1v) is 10.6. The number of carboxylic acids is 2. The third kappa shape index (κ3) is 13.8. The van der Waals surface area contributed by atoms with Gasteiger partial charge in [-0.15, -0.1) is 0 Å². The maximum absolute atomic E-state index is 12.4. The number of hydrogen-bond acceptors (Lipinski definition) is 8. The van der Waals surface area contributed by atoms with Crippen LogP contribution in [-0.4, -0.2) is 89.3 Å². The van der Waals surface area contributed by atoms with Gasteiger partial charge in [-0.05, 0) is 0 Å². The summed E-state index contributed by atoms with van der Waals surface area (Å²) in [5, 5.41) is 29.6. The van der Waals surface area contributed by atoms with Crippen molar-refractivity contribution in [1.29, 1.82) is 0 Å². The van der Waals surface area contributed by atoms with E-state index in [-0.39, 0.29) is 24.3 Å². The third-order valence-electron chi connectivity index (χ3n) is 4.21. The second-order valence-electron chi connectivity index (χ2n) is 8.02. The van der Waals surface area contributed by atoms with Crippen LogP contribution in [0.15, 0.2) is 0 Å². The Hall–Kier alpha value is -3.55. The molecule has 0 aliphatic rings. The van der Waals surface area contributed by atoms with Crippen molar-refractivity contribution in [3.05, 3.63) is 0 Å². The largest absolute Gasteiger partial charge is 0.481 e. The quantitative estimate of drug-likeness (QED) is 0.120. The molecule has 0 saturated heterocycles. The average molecular weight is 488 g/mol. The minimum atomic E-state index is -1.58. The van der Waals surface area contributed by atoms with E-state index >= 15 is 0 Å². The molecule has 4 amide bonds. The van der Waals surface area contributed by atoms with Crippen LogP contribution in [0.5, 0.6) is 0 Å². The van der Waals surface area contributed by atoms with Gasteiger partial charge in [-0.3, -0.25) is 33.6 Å². The smallest absolute Gasteiger partial charge is 0.305 e. The monoisotopic (exact) mass is 487 g/mol. The number of carboxylic acid groups (broad SMARTS) is 2. The van der Waals surface area contributed by atoms with Crippen molar-refractivity contribution in [2.75, 3.05) is 19.6 Å². The maximum Gasteiger partial charge on any atom is 0.305 e. The standard InChI is InChI=1S/C20H33N5O9/c1-10(2)14(26)7-21-15(27)8-22-16(28)9-23-19(33)12(5-17(29)30)25-20(34)13(6-18(31)32)24-11(3)4/h10-13,24H,5-9H2,1-4H3,(H,21,27)(H,22,28)(H,23,33)(H,25,34)(H,29,30)(H,31,32). The normalized spacial score (nSPS) is 12.4. The topological polar surface area (TPSA) is 220 Å². The Morgan fingerprint density at radius 2 is 1.12 bits per heavy atom. The van der Waals surface area contributed by atoms with Crippen molar-refractivity contribution < 1.29 is 43.8 Å². The molecule has 0 aromatic heterocycles. The van der Waals surface area contributed by atoms with Gasteiger partial charge in [-0.25, -0.2) is 0 Å². The summed E-state index contributed by atoms with van der Waals surface area (Å²) in [5.41, 5.74) is 0. The molecule has 2 atom stereocenters. The van der Waals surface area contributed by atoms with E-state index in [2.05, 4.69) is 26.6 Å². The molecule has 0 bridgehead atoms. The maximum atomic E-state index is 12.4. The zero-order valence-electron chi connectivity index (χ0n) is 19.6. The molecular weight excluding hydrogens is 454 g/mol. The average Bonchev–Trinajstić information content (AvgIpc) is 2.71. The van der Waals surface area contributed by atoms with Crippen LogP contribution >= 0.6 is 0 Å². The van der Waals surface area contributed by atoms with E-state index < -0.39 is 73.6 Å². The second kappa shape index (κ2) is 15.3.